The van der Waals surface area contributed by atoms with E-state index in [0.29, 0.717) is 17.5 Å². The summed E-state index contributed by atoms with van der Waals surface area (Å²) in [5, 5.41) is 0. The van der Waals surface area contributed by atoms with Crippen molar-refractivity contribution in [3.05, 3.63) is 47.7 Å². The Hall–Kier alpha value is -1.97. The molecule has 1 aromatic carbocycles. The summed E-state index contributed by atoms with van der Waals surface area (Å²) in [7, 11) is 1.44. The van der Waals surface area contributed by atoms with Crippen LogP contribution in [0.4, 0.5) is 8.78 Å². The fourth-order valence-electron chi connectivity index (χ4n) is 1.82. The third kappa shape index (κ3) is 3.32. The Morgan fingerprint density at radius 3 is 2.40 bits per heavy atom. The average molecular weight is 279 g/mol. The van der Waals surface area contributed by atoms with Crippen LogP contribution in [0.5, 0.6) is 5.88 Å². The van der Waals surface area contributed by atoms with Crippen molar-refractivity contribution in [2.24, 2.45) is 0 Å². The first-order chi connectivity index (χ1) is 9.67. The molecule has 0 amide bonds. The van der Waals surface area contributed by atoms with E-state index >= 15 is 0 Å². The van der Waals surface area contributed by atoms with E-state index in [1.54, 1.807) is 19.1 Å². The van der Waals surface area contributed by atoms with Crippen molar-refractivity contribution in [1.29, 1.82) is 0 Å². The van der Waals surface area contributed by atoms with E-state index in [4.69, 9.17) is 4.74 Å². The van der Waals surface area contributed by atoms with Gasteiger partial charge in [0.25, 0.3) is 0 Å². The molecule has 1 aromatic heterocycles. The minimum Gasteiger partial charge on any atom is -0.481 e. The number of aromatic nitrogens is 1. The molecule has 1 heterocycles. The van der Waals surface area contributed by atoms with Gasteiger partial charge in [-0.25, -0.2) is 13.8 Å². The van der Waals surface area contributed by atoms with Crippen molar-refractivity contribution in [1.82, 2.24) is 4.98 Å². The third-order valence-electron chi connectivity index (χ3n) is 2.77. The summed E-state index contributed by atoms with van der Waals surface area (Å²) in [4.78, 5) is 3.98. The van der Waals surface area contributed by atoms with Gasteiger partial charge < -0.3 is 4.74 Å². The normalized spacial score (nSPS) is 9.70. The first kappa shape index (κ1) is 16.1. The Bertz CT molecular complexity index is 570. The lowest BCUT2D eigenvalue weighted by molar-refractivity contribution is 0.399. The molecule has 20 heavy (non-hydrogen) atoms. The highest BCUT2D eigenvalue weighted by Gasteiger charge is 2.14. The first-order valence-electron chi connectivity index (χ1n) is 6.64. The Morgan fingerprint density at radius 2 is 1.80 bits per heavy atom. The van der Waals surface area contributed by atoms with Gasteiger partial charge in [-0.2, -0.15) is 0 Å². The van der Waals surface area contributed by atoms with E-state index < -0.39 is 11.6 Å². The van der Waals surface area contributed by atoms with Gasteiger partial charge in [-0.3, -0.25) is 0 Å². The van der Waals surface area contributed by atoms with Crippen LogP contribution in [-0.4, -0.2) is 12.1 Å². The van der Waals surface area contributed by atoms with Crippen LogP contribution in [0.1, 0.15) is 26.3 Å². The lowest BCUT2D eigenvalue weighted by Crippen LogP contribution is -1.96. The predicted molar refractivity (Wildman–Crippen MR) is 76.9 cm³/mol. The molecule has 0 N–H and O–H groups in total. The molecule has 2 nitrogen and oxygen atoms in total. The van der Waals surface area contributed by atoms with Gasteiger partial charge in [-0.15, -0.1) is 0 Å². The number of benzene rings is 1. The van der Waals surface area contributed by atoms with Gasteiger partial charge in [0.05, 0.1) is 7.11 Å². The molecule has 4 heteroatoms. The van der Waals surface area contributed by atoms with Crippen molar-refractivity contribution in [2.75, 3.05) is 7.11 Å². The number of ether oxygens (including phenoxy) is 1. The smallest absolute Gasteiger partial charge is 0.221 e. The van der Waals surface area contributed by atoms with Crippen LogP contribution >= 0.6 is 0 Å². The molecule has 2 rings (SSSR count). The monoisotopic (exact) mass is 279 g/mol. The summed E-state index contributed by atoms with van der Waals surface area (Å²) in [6, 6.07) is 5.71. The van der Waals surface area contributed by atoms with E-state index in [2.05, 4.69) is 4.98 Å². The molecule has 0 bridgehead atoms. The maximum absolute atomic E-state index is 14.0. The molecule has 0 aliphatic rings. The highest BCUT2D eigenvalue weighted by Crippen LogP contribution is 2.31. The maximum Gasteiger partial charge on any atom is 0.221 e. The molecule has 0 aliphatic carbocycles. The number of nitrogens with zero attached hydrogens (tertiary/aromatic N) is 1. The Morgan fingerprint density at radius 1 is 1.10 bits per heavy atom. The fraction of sp³-hybridized carbons (Fsp3) is 0.312. The summed E-state index contributed by atoms with van der Waals surface area (Å²) < 4.78 is 32.7. The topological polar surface area (TPSA) is 22.1 Å². The van der Waals surface area contributed by atoms with E-state index in [9.17, 15) is 8.78 Å². The molecular weight excluding hydrogens is 260 g/mol. The van der Waals surface area contributed by atoms with E-state index in [-0.39, 0.29) is 11.4 Å². The molecule has 0 saturated carbocycles. The SMILES string of the molecule is CC.CCc1cc(F)c(-c2cccnc2OC)cc1F. The zero-order chi connectivity index (χ0) is 15.1. The number of hydrogen-bond acceptors (Lipinski definition) is 2. The van der Waals surface area contributed by atoms with E-state index in [1.165, 1.54) is 25.4 Å². The van der Waals surface area contributed by atoms with Gasteiger partial charge in [-0.05, 0) is 36.2 Å². The number of pyridine rings is 1. The largest absolute Gasteiger partial charge is 0.481 e. The number of halogens is 2. The summed E-state index contributed by atoms with van der Waals surface area (Å²) in [6.07, 6.45) is 1.99. The number of aryl methyl sites for hydroxylation is 1. The predicted octanol–water partition coefficient (Wildman–Crippen LogP) is 4.62. The minimum atomic E-state index is -0.473. The molecule has 0 saturated heterocycles. The van der Waals surface area contributed by atoms with Gasteiger partial charge in [-0.1, -0.05) is 20.8 Å². The molecule has 0 aliphatic heterocycles. The molecule has 2 aromatic rings. The van der Waals surface area contributed by atoms with Crippen molar-refractivity contribution >= 4 is 0 Å². The summed E-state index contributed by atoms with van der Waals surface area (Å²) in [5.41, 5.74) is 0.966. The summed E-state index contributed by atoms with van der Waals surface area (Å²) >= 11 is 0. The number of methoxy groups -OCH3 is 1. The van der Waals surface area contributed by atoms with Crippen molar-refractivity contribution in [3.8, 4) is 17.0 Å². The van der Waals surface area contributed by atoms with E-state index in [0.717, 1.165) is 0 Å². The third-order valence-corrected chi connectivity index (χ3v) is 2.77. The van der Waals surface area contributed by atoms with Crippen molar-refractivity contribution < 1.29 is 13.5 Å². The van der Waals surface area contributed by atoms with Crippen LogP contribution < -0.4 is 4.74 Å². The molecule has 0 radical (unpaired) electrons. The van der Waals surface area contributed by atoms with Gasteiger partial charge in [0.15, 0.2) is 0 Å². The standard InChI is InChI=1S/C14H13F2NO.C2H6/c1-3-9-7-13(16)11(8-12(9)15)10-5-4-6-17-14(10)18-2;1-2/h4-8H,3H2,1-2H3;1-2H3. The average Bonchev–Trinajstić information content (AvgIpc) is 2.51. The summed E-state index contributed by atoms with van der Waals surface area (Å²) in [6.45, 7) is 5.78. The molecule has 0 spiro atoms. The first-order valence-corrected chi connectivity index (χ1v) is 6.64. The van der Waals surface area contributed by atoms with Gasteiger partial charge in [0.1, 0.15) is 11.6 Å². The molecule has 0 fully saturated rings. The lowest BCUT2D eigenvalue weighted by Gasteiger charge is -2.09. The van der Waals surface area contributed by atoms with Crippen LogP contribution in [0.15, 0.2) is 30.5 Å². The van der Waals surface area contributed by atoms with Crippen molar-refractivity contribution in [2.45, 2.75) is 27.2 Å². The lowest BCUT2D eigenvalue weighted by atomic mass is 10.0. The zero-order valence-electron chi connectivity index (χ0n) is 12.2. The highest BCUT2D eigenvalue weighted by molar-refractivity contribution is 5.69. The van der Waals surface area contributed by atoms with Gasteiger partial charge in [0.2, 0.25) is 5.88 Å². The summed E-state index contributed by atoms with van der Waals surface area (Å²) in [5.74, 6) is -0.612. The Kier molecular flexibility index (Phi) is 6.10. The van der Waals surface area contributed by atoms with Crippen LogP contribution in [0, 0.1) is 11.6 Å². The second kappa shape index (κ2) is 7.58. The van der Waals surface area contributed by atoms with Crippen LogP contribution in [-0.2, 0) is 6.42 Å². The quantitative estimate of drug-likeness (QED) is 0.817. The number of hydrogen-bond donors (Lipinski definition) is 0. The van der Waals surface area contributed by atoms with Crippen LogP contribution in [0.25, 0.3) is 11.1 Å². The van der Waals surface area contributed by atoms with E-state index in [1.807, 2.05) is 13.8 Å². The fourth-order valence-corrected chi connectivity index (χ4v) is 1.82. The highest BCUT2D eigenvalue weighted by atomic mass is 19.1. The van der Waals surface area contributed by atoms with Crippen LogP contribution in [0.2, 0.25) is 0 Å². The molecule has 108 valence electrons. The van der Waals surface area contributed by atoms with Gasteiger partial charge in [0, 0.05) is 17.3 Å². The molecule has 0 unspecified atom stereocenters. The van der Waals surface area contributed by atoms with Crippen LogP contribution in [0.3, 0.4) is 0 Å². The van der Waals surface area contributed by atoms with Gasteiger partial charge >= 0.3 is 0 Å². The Balaban J connectivity index is 0.000000956. The van der Waals surface area contributed by atoms with Crippen molar-refractivity contribution in [3.63, 3.8) is 0 Å². The number of rotatable bonds is 3. The maximum atomic E-state index is 14.0. The Labute approximate surface area is 118 Å². The molecule has 0 atom stereocenters. The minimum absolute atomic E-state index is 0.162. The zero-order valence-corrected chi connectivity index (χ0v) is 12.2. The second-order valence-corrected chi connectivity index (χ2v) is 3.84. The second-order valence-electron chi connectivity index (χ2n) is 3.84. The molecular formula is C16H19F2NO.